The lowest BCUT2D eigenvalue weighted by Crippen LogP contribution is -2.27. The molecule has 0 aromatic heterocycles. The first kappa shape index (κ1) is 14.2. The molecule has 4 nitrogen and oxygen atoms in total. The van der Waals surface area contributed by atoms with E-state index in [1.54, 1.807) is 0 Å². The van der Waals surface area contributed by atoms with E-state index in [-0.39, 0.29) is 6.16 Å². The molecular formula is C12H20NO3P. The topological polar surface area (TPSA) is 60.8 Å². The predicted octanol–water partition coefficient (Wildman–Crippen LogP) is 2.47. The summed E-state index contributed by atoms with van der Waals surface area (Å²) >= 11 is 0. The highest BCUT2D eigenvalue weighted by molar-refractivity contribution is 7.51. The van der Waals surface area contributed by atoms with Crippen molar-refractivity contribution in [3.05, 3.63) is 30.3 Å². The van der Waals surface area contributed by atoms with Gasteiger partial charge in [0.15, 0.2) is 0 Å². The molecular weight excluding hydrogens is 237 g/mol. The zero-order valence-electron chi connectivity index (χ0n) is 10.1. The van der Waals surface area contributed by atoms with E-state index < -0.39 is 7.60 Å². The first-order valence-corrected chi connectivity index (χ1v) is 7.67. The normalized spacial score (nSPS) is 11.5. The maximum Gasteiger partial charge on any atom is 0.327 e. The fourth-order valence-corrected chi connectivity index (χ4v) is 2.11. The number of rotatable bonds is 7. The van der Waals surface area contributed by atoms with Crippen LogP contribution in [-0.4, -0.2) is 29.0 Å². The Bertz CT molecular complexity index is 363. The Morgan fingerprint density at radius 2 is 1.82 bits per heavy atom. The lowest BCUT2D eigenvalue weighted by atomic mass is 10.2. The maximum atomic E-state index is 10.9. The van der Waals surface area contributed by atoms with Crippen LogP contribution in [0, 0.1) is 0 Å². The van der Waals surface area contributed by atoms with Gasteiger partial charge in [0.25, 0.3) is 0 Å². The zero-order chi connectivity index (χ0) is 12.7. The lowest BCUT2D eigenvalue weighted by Gasteiger charge is -2.24. The van der Waals surface area contributed by atoms with Crippen LogP contribution in [0.2, 0.25) is 0 Å². The monoisotopic (exact) mass is 257 g/mol. The van der Waals surface area contributed by atoms with Crippen molar-refractivity contribution in [2.75, 3.05) is 24.2 Å². The van der Waals surface area contributed by atoms with Crippen molar-refractivity contribution in [3.8, 4) is 0 Å². The fraction of sp³-hybridized carbons (Fsp3) is 0.500. The first-order valence-electron chi connectivity index (χ1n) is 5.87. The summed E-state index contributed by atoms with van der Waals surface area (Å²) in [6.07, 6.45) is 2.00. The van der Waals surface area contributed by atoms with Gasteiger partial charge in [0.05, 0.1) is 6.16 Å². The number of unbranched alkanes of at least 4 members (excludes halogenated alkanes) is 1. The predicted molar refractivity (Wildman–Crippen MR) is 70.5 cm³/mol. The highest BCUT2D eigenvalue weighted by atomic mass is 31.2. The van der Waals surface area contributed by atoms with Crippen molar-refractivity contribution in [2.24, 2.45) is 0 Å². The molecule has 0 atom stereocenters. The Labute approximate surface area is 102 Å². The van der Waals surface area contributed by atoms with Crippen LogP contribution in [0.4, 0.5) is 5.69 Å². The third-order valence-electron chi connectivity index (χ3n) is 2.56. The summed E-state index contributed by atoms with van der Waals surface area (Å²) in [4.78, 5) is 19.9. The van der Waals surface area contributed by atoms with E-state index in [1.807, 2.05) is 35.2 Å². The van der Waals surface area contributed by atoms with Gasteiger partial charge < -0.3 is 14.7 Å². The van der Waals surface area contributed by atoms with Gasteiger partial charge in [-0.15, -0.1) is 0 Å². The quantitative estimate of drug-likeness (QED) is 0.737. The summed E-state index contributed by atoms with van der Waals surface area (Å²) in [5, 5.41) is 0. The van der Waals surface area contributed by atoms with Crippen LogP contribution in [0.5, 0.6) is 0 Å². The van der Waals surface area contributed by atoms with E-state index in [1.165, 1.54) is 0 Å². The van der Waals surface area contributed by atoms with Crippen LogP contribution in [0.3, 0.4) is 0 Å². The summed E-state index contributed by atoms with van der Waals surface area (Å²) in [6, 6.07) is 9.74. The number of hydrogen-bond donors (Lipinski definition) is 2. The van der Waals surface area contributed by atoms with Gasteiger partial charge in [-0.2, -0.15) is 0 Å². The fourth-order valence-electron chi connectivity index (χ4n) is 1.61. The third-order valence-corrected chi connectivity index (χ3v) is 3.35. The van der Waals surface area contributed by atoms with Gasteiger partial charge in [0.2, 0.25) is 0 Å². The van der Waals surface area contributed by atoms with Crippen molar-refractivity contribution in [1.29, 1.82) is 0 Å². The van der Waals surface area contributed by atoms with Gasteiger partial charge in [-0.05, 0) is 18.6 Å². The van der Waals surface area contributed by atoms with Crippen LogP contribution >= 0.6 is 7.60 Å². The van der Waals surface area contributed by atoms with Gasteiger partial charge in [-0.3, -0.25) is 4.57 Å². The largest absolute Gasteiger partial charge is 0.371 e. The Hall–Kier alpha value is -0.830. The first-order chi connectivity index (χ1) is 8.03. The van der Waals surface area contributed by atoms with E-state index >= 15 is 0 Å². The Balaban J connectivity index is 2.64. The van der Waals surface area contributed by atoms with Crippen molar-refractivity contribution in [2.45, 2.75) is 19.8 Å². The third kappa shape index (κ3) is 5.87. The summed E-state index contributed by atoms with van der Waals surface area (Å²) < 4.78 is 10.9. The van der Waals surface area contributed by atoms with Crippen molar-refractivity contribution >= 4 is 13.3 Å². The van der Waals surface area contributed by atoms with Crippen molar-refractivity contribution < 1.29 is 14.4 Å². The molecule has 0 heterocycles. The average Bonchev–Trinajstić information content (AvgIpc) is 2.29. The summed E-state index contributed by atoms with van der Waals surface area (Å²) in [6.45, 7) is 3.33. The summed E-state index contributed by atoms with van der Waals surface area (Å²) in [5.41, 5.74) is 1.02. The molecule has 0 radical (unpaired) electrons. The Morgan fingerprint density at radius 3 is 2.35 bits per heavy atom. The SMILES string of the molecule is CCCCN(CCP(=O)(O)O)c1ccccc1. The van der Waals surface area contributed by atoms with Crippen LogP contribution in [0.1, 0.15) is 19.8 Å². The van der Waals surface area contributed by atoms with Gasteiger partial charge in [-0.25, -0.2) is 0 Å². The molecule has 0 fully saturated rings. The number of hydrogen-bond acceptors (Lipinski definition) is 2. The number of para-hydroxylation sites is 1. The molecule has 1 aromatic carbocycles. The minimum atomic E-state index is -3.91. The van der Waals surface area contributed by atoms with Gasteiger partial charge in [-0.1, -0.05) is 31.5 Å². The molecule has 0 spiro atoms. The van der Waals surface area contributed by atoms with Crippen LogP contribution < -0.4 is 4.90 Å². The van der Waals surface area contributed by atoms with Crippen LogP contribution in [0.15, 0.2) is 30.3 Å². The van der Waals surface area contributed by atoms with E-state index in [4.69, 9.17) is 9.79 Å². The standard InChI is InChI=1S/C12H20NO3P/c1-2-3-9-13(10-11-17(14,15)16)12-7-5-4-6-8-12/h4-8H,2-3,9-11H2,1H3,(H2,14,15,16). The molecule has 0 amide bonds. The smallest absolute Gasteiger partial charge is 0.327 e. The lowest BCUT2D eigenvalue weighted by molar-refractivity contribution is 0.373. The molecule has 17 heavy (non-hydrogen) atoms. The van der Waals surface area contributed by atoms with E-state index in [0.29, 0.717) is 6.54 Å². The molecule has 0 aliphatic heterocycles. The van der Waals surface area contributed by atoms with E-state index in [2.05, 4.69) is 6.92 Å². The molecule has 96 valence electrons. The molecule has 0 aliphatic carbocycles. The average molecular weight is 257 g/mol. The summed E-state index contributed by atoms with van der Waals surface area (Å²) in [7, 11) is -3.91. The highest BCUT2D eigenvalue weighted by Gasteiger charge is 2.15. The molecule has 0 aliphatic rings. The Morgan fingerprint density at radius 1 is 1.18 bits per heavy atom. The number of anilines is 1. The molecule has 1 rings (SSSR count). The zero-order valence-corrected chi connectivity index (χ0v) is 11.0. The van der Waals surface area contributed by atoms with Crippen molar-refractivity contribution in [1.82, 2.24) is 0 Å². The minimum Gasteiger partial charge on any atom is -0.371 e. The molecule has 0 saturated heterocycles. The second-order valence-electron chi connectivity index (χ2n) is 4.06. The molecule has 5 heteroatoms. The maximum absolute atomic E-state index is 10.9. The second kappa shape index (κ2) is 6.80. The molecule has 2 N–H and O–H groups in total. The van der Waals surface area contributed by atoms with Crippen LogP contribution in [0.25, 0.3) is 0 Å². The molecule has 1 aromatic rings. The van der Waals surface area contributed by atoms with E-state index in [9.17, 15) is 4.57 Å². The molecule has 0 unspecified atom stereocenters. The van der Waals surface area contributed by atoms with Gasteiger partial charge in [0, 0.05) is 18.8 Å². The highest BCUT2D eigenvalue weighted by Crippen LogP contribution is 2.34. The van der Waals surface area contributed by atoms with Crippen LogP contribution in [-0.2, 0) is 4.57 Å². The minimum absolute atomic E-state index is 0.0917. The van der Waals surface area contributed by atoms with Crippen molar-refractivity contribution in [3.63, 3.8) is 0 Å². The van der Waals surface area contributed by atoms with E-state index in [0.717, 1.165) is 25.1 Å². The second-order valence-corrected chi connectivity index (χ2v) is 5.84. The Kier molecular flexibility index (Phi) is 5.69. The molecule has 0 saturated carbocycles. The molecule has 0 bridgehead atoms. The summed E-state index contributed by atoms with van der Waals surface area (Å²) in [5.74, 6) is 0. The number of benzene rings is 1. The van der Waals surface area contributed by atoms with Gasteiger partial charge >= 0.3 is 7.60 Å². The number of nitrogens with zero attached hydrogens (tertiary/aromatic N) is 1. The van der Waals surface area contributed by atoms with Gasteiger partial charge in [0.1, 0.15) is 0 Å².